The summed E-state index contributed by atoms with van der Waals surface area (Å²) in [6.07, 6.45) is 3.76. The van der Waals surface area contributed by atoms with E-state index in [1.165, 1.54) is 0 Å². The van der Waals surface area contributed by atoms with Crippen LogP contribution in [0.3, 0.4) is 0 Å². The molecule has 122 valence electrons. The van der Waals surface area contributed by atoms with E-state index < -0.39 is 23.7 Å². The number of ether oxygens (including phenoxy) is 1. The first kappa shape index (κ1) is 19.5. The van der Waals surface area contributed by atoms with Crippen LogP contribution in [0.1, 0.15) is 53.9 Å². The molecule has 5 nitrogen and oxygen atoms in total. The van der Waals surface area contributed by atoms with Crippen molar-refractivity contribution in [2.45, 2.75) is 65.5 Å². The molecule has 3 atom stereocenters. The number of carboxylic acid groups (broad SMARTS) is 1. The minimum Gasteiger partial charge on any atom is -0.480 e. The van der Waals surface area contributed by atoms with Gasteiger partial charge in [-0.2, -0.15) is 0 Å². The molecule has 0 aliphatic carbocycles. The van der Waals surface area contributed by atoms with Crippen LogP contribution in [0.4, 0.5) is 4.79 Å². The van der Waals surface area contributed by atoms with Crippen LogP contribution in [0.25, 0.3) is 0 Å². The van der Waals surface area contributed by atoms with Gasteiger partial charge < -0.3 is 15.2 Å². The Kier molecular flexibility index (Phi) is 8.07. The summed E-state index contributed by atoms with van der Waals surface area (Å²) in [6, 6.07) is -0.939. The molecule has 0 radical (unpaired) electrons. The fourth-order valence-electron chi connectivity index (χ4n) is 2.17. The van der Waals surface area contributed by atoms with Crippen LogP contribution >= 0.6 is 0 Å². The van der Waals surface area contributed by atoms with Crippen LogP contribution in [0.2, 0.25) is 0 Å². The van der Waals surface area contributed by atoms with Crippen molar-refractivity contribution in [1.29, 1.82) is 0 Å². The summed E-state index contributed by atoms with van der Waals surface area (Å²) in [6.45, 7) is 12.8. The molecule has 0 heterocycles. The second-order valence-corrected chi connectivity index (χ2v) is 6.65. The molecule has 0 spiro atoms. The van der Waals surface area contributed by atoms with Gasteiger partial charge in [0.2, 0.25) is 0 Å². The van der Waals surface area contributed by atoms with E-state index in [9.17, 15) is 14.7 Å². The summed E-state index contributed by atoms with van der Waals surface area (Å²) in [5.74, 6) is -0.834. The van der Waals surface area contributed by atoms with Crippen molar-refractivity contribution in [2.24, 2.45) is 11.8 Å². The molecule has 0 saturated heterocycles. The lowest BCUT2D eigenvalue weighted by Crippen LogP contribution is -2.47. The molecular weight excluding hydrogens is 270 g/mol. The second kappa shape index (κ2) is 8.70. The van der Waals surface area contributed by atoms with Crippen LogP contribution in [0.15, 0.2) is 12.7 Å². The van der Waals surface area contributed by atoms with Gasteiger partial charge in [0, 0.05) is 0 Å². The minimum atomic E-state index is -1.04. The number of hydrogen-bond acceptors (Lipinski definition) is 3. The monoisotopic (exact) mass is 299 g/mol. The molecule has 0 rings (SSSR count). The third-order valence-corrected chi connectivity index (χ3v) is 3.15. The zero-order valence-electron chi connectivity index (χ0n) is 13.8. The summed E-state index contributed by atoms with van der Waals surface area (Å²) in [5, 5.41) is 11.7. The first-order valence-electron chi connectivity index (χ1n) is 7.40. The van der Waals surface area contributed by atoms with Gasteiger partial charge in [-0.05, 0) is 51.9 Å². The Morgan fingerprint density at radius 3 is 2.33 bits per heavy atom. The molecule has 1 amide bonds. The fourth-order valence-corrected chi connectivity index (χ4v) is 2.17. The molecule has 0 aromatic carbocycles. The van der Waals surface area contributed by atoms with Gasteiger partial charge in [0.05, 0.1) is 0 Å². The summed E-state index contributed by atoms with van der Waals surface area (Å²) >= 11 is 0. The number of hydrogen-bond donors (Lipinski definition) is 2. The number of carbonyl (C=O) groups is 2. The van der Waals surface area contributed by atoms with E-state index in [-0.39, 0.29) is 5.92 Å². The van der Waals surface area contributed by atoms with Gasteiger partial charge in [-0.3, -0.25) is 0 Å². The van der Waals surface area contributed by atoms with Gasteiger partial charge in [-0.15, -0.1) is 6.58 Å². The first-order valence-corrected chi connectivity index (χ1v) is 7.40. The molecule has 0 fully saturated rings. The van der Waals surface area contributed by atoms with Gasteiger partial charge in [0.1, 0.15) is 11.6 Å². The Morgan fingerprint density at radius 1 is 1.33 bits per heavy atom. The third kappa shape index (κ3) is 9.10. The van der Waals surface area contributed by atoms with Crippen molar-refractivity contribution < 1.29 is 19.4 Å². The Labute approximate surface area is 127 Å². The van der Waals surface area contributed by atoms with E-state index in [1.54, 1.807) is 20.8 Å². The first-order chi connectivity index (χ1) is 9.56. The van der Waals surface area contributed by atoms with E-state index in [1.807, 2.05) is 13.0 Å². The van der Waals surface area contributed by atoms with Crippen molar-refractivity contribution >= 4 is 12.1 Å². The molecule has 0 aromatic heterocycles. The van der Waals surface area contributed by atoms with Crippen molar-refractivity contribution in [3.63, 3.8) is 0 Å². The lowest BCUT2D eigenvalue weighted by molar-refractivity contribution is -0.141. The summed E-state index contributed by atoms with van der Waals surface area (Å²) in [5.41, 5.74) is -0.645. The van der Waals surface area contributed by atoms with Crippen molar-refractivity contribution in [3.8, 4) is 0 Å². The van der Waals surface area contributed by atoms with Crippen LogP contribution in [0, 0.1) is 11.8 Å². The highest BCUT2D eigenvalue weighted by molar-refractivity contribution is 5.80. The van der Waals surface area contributed by atoms with Crippen LogP contribution < -0.4 is 5.32 Å². The topological polar surface area (TPSA) is 75.6 Å². The zero-order chi connectivity index (χ0) is 16.6. The smallest absolute Gasteiger partial charge is 0.408 e. The number of amides is 1. The molecule has 5 heteroatoms. The van der Waals surface area contributed by atoms with Crippen molar-refractivity contribution in [1.82, 2.24) is 5.32 Å². The number of rotatable bonds is 8. The lowest BCUT2D eigenvalue weighted by Gasteiger charge is -2.26. The largest absolute Gasteiger partial charge is 0.480 e. The highest BCUT2D eigenvalue weighted by atomic mass is 16.6. The normalized spacial score (nSPS) is 15.7. The standard InChI is InChI=1S/C16H29NO4/c1-7-8-9-11(2)10-12(3)13(14(18)19)17-15(20)21-16(4,5)6/h7,11-13H,1,8-10H2,2-6H3,(H,17,20)(H,18,19)/t11?,12-,13+/m1/s1. The molecule has 0 aliphatic heterocycles. The maximum Gasteiger partial charge on any atom is 0.408 e. The minimum absolute atomic E-state index is 0.171. The van der Waals surface area contributed by atoms with Crippen LogP contribution in [-0.2, 0) is 9.53 Å². The SMILES string of the molecule is C=CCCC(C)C[C@@H](C)[C@H](NC(=O)OC(C)(C)C)C(=O)O. The van der Waals surface area contributed by atoms with Gasteiger partial charge in [-0.25, -0.2) is 9.59 Å². The van der Waals surface area contributed by atoms with Crippen molar-refractivity contribution in [3.05, 3.63) is 12.7 Å². The number of carboxylic acids is 1. The summed E-state index contributed by atoms with van der Waals surface area (Å²) in [7, 11) is 0. The van der Waals surface area contributed by atoms with E-state index in [0.717, 1.165) is 19.3 Å². The van der Waals surface area contributed by atoms with Gasteiger partial charge in [0.25, 0.3) is 0 Å². The predicted molar refractivity (Wildman–Crippen MR) is 83.2 cm³/mol. The Bertz CT molecular complexity index is 360. The average Bonchev–Trinajstić information content (AvgIpc) is 2.30. The van der Waals surface area contributed by atoms with Gasteiger partial charge >= 0.3 is 12.1 Å². The summed E-state index contributed by atoms with van der Waals surface area (Å²) < 4.78 is 5.11. The number of nitrogens with one attached hydrogen (secondary N) is 1. The highest BCUT2D eigenvalue weighted by Gasteiger charge is 2.29. The van der Waals surface area contributed by atoms with Crippen molar-refractivity contribution in [2.75, 3.05) is 0 Å². The molecule has 2 N–H and O–H groups in total. The molecule has 0 aromatic rings. The maximum absolute atomic E-state index is 11.7. The zero-order valence-corrected chi connectivity index (χ0v) is 13.8. The number of aliphatic carboxylic acids is 1. The Balaban J connectivity index is 4.56. The molecule has 0 bridgehead atoms. The lowest BCUT2D eigenvalue weighted by atomic mass is 9.89. The molecular formula is C16H29NO4. The van der Waals surface area contributed by atoms with E-state index in [0.29, 0.717) is 5.92 Å². The van der Waals surface area contributed by atoms with Crippen LogP contribution in [-0.4, -0.2) is 28.8 Å². The van der Waals surface area contributed by atoms with Crippen LogP contribution in [0.5, 0.6) is 0 Å². The average molecular weight is 299 g/mol. The summed E-state index contributed by atoms with van der Waals surface area (Å²) in [4.78, 5) is 23.1. The second-order valence-electron chi connectivity index (χ2n) is 6.65. The fraction of sp³-hybridized carbons (Fsp3) is 0.750. The molecule has 0 aliphatic rings. The number of carbonyl (C=O) groups excluding carboxylic acids is 1. The Morgan fingerprint density at radius 2 is 1.90 bits per heavy atom. The van der Waals surface area contributed by atoms with E-state index >= 15 is 0 Å². The maximum atomic E-state index is 11.7. The third-order valence-electron chi connectivity index (χ3n) is 3.15. The predicted octanol–water partition coefficient (Wildman–Crippen LogP) is 3.59. The molecule has 21 heavy (non-hydrogen) atoms. The van der Waals surface area contributed by atoms with Gasteiger partial charge in [0.15, 0.2) is 0 Å². The van der Waals surface area contributed by atoms with Gasteiger partial charge in [-0.1, -0.05) is 19.9 Å². The highest BCUT2D eigenvalue weighted by Crippen LogP contribution is 2.20. The molecule has 0 saturated carbocycles. The quantitative estimate of drug-likeness (QED) is 0.672. The van der Waals surface area contributed by atoms with E-state index in [4.69, 9.17) is 4.74 Å². The molecule has 1 unspecified atom stereocenters. The number of allylic oxidation sites excluding steroid dienone is 1. The number of alkyl carbamates (subject to hydrolysis) is 1. The van der Waals surface area contributed by atoms with E-state index in [2.05, 4.69) is 18.8 Å². The Hall–Kier alpha value is -1.52.